The van der Waals surface area contributed by atoms with Crippen molar-refractivity contribution in [2.24, 2.45) is 0 Å². The first-order chi connectivity index (χ1) is 10.8. The fourth-order valence-electron chi connectivity index (χ4n) is 2.08. The Morgan fingerprint density at radius 1 is 1.04 bits per heavy atom. The Labute approximate surface area is 173 Å². The lowest BCUT2D eigenvalue weighted by atomic mass is 9.99. The van der Waals surface area contributed by atoms with Crippen molar-refractivity contribution >= 4 is 73.5 Å². The predicted molar refractivity (Wildman–Crippen MR) is 111 cm³/mol. The Hall–Kier alpha value is -0.990. The highest BCUT2D eigenvalue weighted by atomic mass is 127. The summed E-state index contributed by atoms with van der Waals surface area (Å²) in [5.74, 6) is 0. The number of benzene rings is 2. The van der Waals surface area contributed by atoms with Gasteiger partial charge in [0.25, 0.3) is 5.69 Å². The molecule has 114 valence electrons. The molecule has 0 saturated carbocycles. The monoisotopic (exact) mass is 641 g/mol. The molecule has 0 radical (unpaired) electrons. The maximum Gasteiger partial charge on any atom is 0.272 e. The third kappa shape index (κ3) is 3.29. The Balaban J connectivity index is 2.90. The smallest absolute Gasteiger partial charge is 0.258 e. The van der Waals surface area contributed by atoms with Crippen molar-refractivity contribution in [3.05, 3.63) is 55.7 Å². The van der Waals surface area contributed by atoms with Crippen molar-refractivity contribution in [3.63, 3.8) is 0 Å². The van der Waals surface area contributed by atoms with Crippen LogP contribution >= 0.6 is 67.8 Å². The van der Waals surface area contributed by atoms with Gasteiger partial charge in [0.2, 0.25) is 0 Å². The highest BCUT2D eigenvalue weighted by Crippen LogP contribution is 2.39. The second kappa shape index (κ2) is 7.27. The van der Waals surface area contributed by atoms with Crippen LogP contribution in [0.2, 0.25) is 0 Å². The highest BCUT2D eigenvalue weighted by molar-refractivity contribution is 14.1. The minimum absolute atomic E-state index is 0.0182. The molecule has 5 nitrogen and oxygen atoms in total. The van der Waals surface area contributed by atoms with E-state index in [4.69, 9.17) is 0 Å². The summed E-state index contributed by atoms with van der Waals surface area (Å²) in [6.45, 7) is 1.67. The summed E-state index contributed by atoms with van der Waals surface area (Å²) in [6.07, 6.45) is 0. The minimum atomic E-state index is -0.429. The summed E-state index contributed by atoms with van der Waals surface area (Å²) >= 11 is 6.10. The zero-order valence-corrected chi connectivity index (χ0v) is 18.0. The zero-order chi connectivity index (χ0) is 17.3. The van der Waals surface area contributed by atoms with Gasteiger partial charge >= 0.3 is 0 Å². The lowest BCUT2D eigenvalue weighted by Gasteiger charge is -2.13. The Morgan fingerprint density at radius 3 is 2.00 bits per heavy atom. The van der Waals surface area contributed by atoms with E-state index in [0.717, 1.165) is 0 Å². The Kier molecular flexibility index (Phi) is 5.80. The third-order valence-electron chi connectivity index (χ3n) is 3.24. The molecule has 0 N–H and O–H groups in total. The van der Waals surface area contributed by atoms with E-state index in [2.05, 4.69) is 57.3 Å². The first-order valence-corrected chi connectivity index (χ1v) is 9.33. The lowest BCUT2D eigenvalue weighted by Crippen LogP contribution is -2.02. The van der Waals surface area contributed by atoms with Gasteiger partial charge in [0.15, 0.2) is 0 Å². The molecule has 0 unspecified atom stereocenters. The molecule has 0 spiro atoms. The number of rotatable bonds is 2. The molecule has 2 aromatic carbocycles. The molecule has 0 bridgehead atoms. The van der Waals surface area contributed by atoms with E-state index in [1.807, 2.05) is 22.6 Å². The van der Waals surface area contributed by atoms with Crippen LogP contribution in [0, 0.1) is 50.4 Å². The first kappa shape index (κ1) is 18.4. The van der Waals surface area contributed by atoms with E-state index in [0.29, 0.717) is 38.5 Å². The molecule has 0 heterocycles. The number of nitro benzene ring substituents is 1. The maximum atomic E-state index is 11.2. The molecule has 8 heteroatoms. The number of nitrogens with zero attached hydrogens (tertiary/aromatic N) is 3. The van der Waals surface area contributed by atoms with Gasteiger partial charge in [0, 0.05) is 24.3 Å². The van der Waals surface area contributed by atoms with Gasteiger partial charge in [-0.15, -0.1) is 0 Å². The number of nitriles is 2. The SMILES string of the molecule is Cc1ccc(-c2c(I)c(C#N)c(I)c(C#N)c2I)cc1[N+](=O)[O-]. The fraction of sp³-hybridized carbons (Fsp3) is 0.0667. The fourth-order valence-corrected chi connectivity index (χ4v) is 6.35. The summed E-state index contributed by atoms with van der Waals surface area (Å²) < 4.78 is 1.99. The molecular weight excluding hydrogens is 635 g/mol. The molecule has 2 aromatic rings. The molecule has 0 aliphatic heterocycles. The van der Waals surface area contributed by atoms with Gasteiger partial charge < -0.3 is 0 Å². The van der Waals surface area contributed by atoms with Gasteiger partial charge in [-0.3, -0.25) is 10.1 Å². The number of nitro groups is 1. The van der Waals surface area contributed by atoms with Gasteiger partial charge in [-0.25, -0.2) is 0 Å². The minimum Gasteiger partial charge on any atom is -0.258 e. The van der Waals surface area contributed by atoms with Crippen LogP contribution in [-0.4, -0.2) is 4.92 Å². The van der Waals surface area contributed by atoms with Crippen LogP contribution in [0.5, 0.6) is 0 Å². The number of aryl methyl sites for hydroxylation is 1. The predicted octanol–water partition coefficient (Wildman–Crippen LogP) is 5.13. The molecule has 0 amide bonds. The van der Waals surface area contributed by atoms with Crippen molar-refractivity contribution in [3.8, 4) is 23.3 Å². The largest absolute Gasteiger partial charge is 0.272 e. The molecule has 0 saturated heterocycles. The average Bonchev–Trinajstić information content (AvgIpc) is 2.49. The van der Waals surface area contributed by atoms with Gasteiger partial charge in [-0.05, 0) is 80.3 Å². The lowest BCUT2D eigenvalue weighted by molar-refractivity contribution is -0.385. The molecule has 0 atom stereocenters. The molecule has 0 aliphatic carbocycles. The number of halogens is 3. The summed E-state index contributed by atoms with van der Waals surface area (Å²) in [7, 11) is 0. The van der Waals surface area contributed by atoms with Gasteiger partial charge in [0.05, 0.1) is 19.6 Å². The van der Waals surface area contributed by atoms with Crippen molar-refractivity contribution in [1.29, 1.82) is 10.5 Å². The number of hydrogen-bond acceptors (Lipinski definition) is 4. The molecule has 0 aliphatic rings. The van der Waals surface area contributed by atoms with Crippen LogP contribution in [0.4, 0.5) is 5.69 Å². The maximum absolute atomic E-state index is 11.2. The summed E-state index contributed by atoms with van der Waals surface area (Å²) in [4.78, 5) is 10.7. The second-order valence-electron chi connectivity index (χ2n) is 4.55. The Bertz CT molecular complexity index is 886. The van der Waals surface area contributed by atoms with Crippen LogP contribution in [0.25, 0.3) is 11.1 Å². The van der Waals surface area contributed by atoms with Crippen LogP contribution in [0.1, 0.15) is 16.7 Å². The van der Waals surface area contributed by atoms with Crippen molar-refractivity contribution in [1.82, 2.24) is 0 Å². The summed E-state index contributed by atoms with van der Waals surface area (Å²) in [5, 5.41) is 29.9. The van der Waals surface area contributed by atoms with Crippen LogP contribution in [0.3, 0.4) is 0 Å². The average molecular weight is 641 g/mol. The third-order valence-corrected chi connectivity index (χ3v) is 6.47. The van der Waals surface area contributed by atoms with Gasteiger partial charge in [-0.1, -0.05) is 12.1 Å². The topological polar surface area (TPSA) is 90.7 Å². The van der Waals surface area contributed by atoms with Crippen LogP contribution in [-0.2, 0) is 0 Å². The van der Waals surface area contributed by atoms with E-state index in [1.165, 1.54) is 6.07 Å². The quantitative estimate of drug-likeness (QED) is 0.259. The van der Waals surface area contributed by atoms with E-state index < -0.39 is 4.92 Å². The normalized spacial score (nSPS) is 10.0. The standard InChI is InChI=1S/C15H6I3N3O2/c1-7-2-3-8(4-11(7)21(22)23)12-14(17)9(5-19)13(16)10(6-20)15(12)18/h2-4H,1H3. The highest BCUT2D eigenvalue weighted by Gasteiger charge is 2.22. The van der Waals surface area contributed by atoms with Crippen LogP contribution < -0.4 is 0 Å². The van der Waals surface area contributed by atoms with Crippen molar-refractivity contribution in [2.75, 3.05) is 0 Å². The van der Waals surface area contributed by atoms with Gasteiger partial charge in [0.1, 0.15) is 12.1 Å². The van der Waals surface area contributed by atoms with Crippen molar-refractivity contribution in [2.45, 2.75) is 6.92 Å². The van der Waals surface area contributed by atoms with E-state index in [9.17, 15) is 20.6 Å². The molecule has 23 heavy (non-hydrogen) atoms. The molecule has 0 fully saturated rings. The first-order valence-electron chi connectivity index (χ1n) is 6.09. The molecule has 2 rings (SSSR count). The van der Waals surface area contributed by atoms with E-state index >= 15 is 0 Å². The molecular formula is C15H6I3N3O2. The van der Waals surface area contributed by atoms with E-state index in [-0.39, 0.29) is 5.69 Å². The van der Waals surface area contributed by atoms with E-state index in [1.54, 1.807) is 19.1 Å². The molecule has 0 aromatic heterocycles. The second-order valence-corrected chi connectivity index (χ2v) is 7.79. The summed E-state index contributed by atoms with van der Waals surface area (Å²) in [5.41, 5.74) is 2.73. The van der Waals surface area contributed by atoms with Gasteiger partial charge in [-0.2, -0.15) is 10.5 Å². The summed E-state index contributed by atoms with van der Waals surface area (Å²) in [6, 6.07) is 9.18. The van der Waals surface area contributed by atoms with Crippen molar-refractivity contribution < 1.29 is 4.92 Å². The number of hydrogen-bond donors (Lipinski definition) is 0. The van der Waals surface area contributed by atoms with Crippen LogP contribution in [0.15, 0.2) is 18.2 Å². The Morgan fingerprint density at radius 2 is 1.57 bits per heavy atom. The zero-order valence-electron chi connectivity index (χ0n) is 11.5.